The molecule has 0 amide bonds. The molecule has 1 aromatic rings. The number of nitriles is 1. The second kappa shape index (κ2) is 7.06. The van der Waals surface area contributed by atoms with Gasteiger partial charge in [0.05, 0.1) is 10.5 Å². The van der Waals surface area contributed by atoms with Crippen LogP contribution in [0.1, 0.15) is 51.0 Å². The van der Waals surface area contributed by atoms with Crippen molar-refractivity contribution < 1.29 is 8.42 Å². The molecule has 1 aliphatic rings. The molecular weight excluding hydrogens is 284 g/mol. The van der Waals surface area contributed by atoms with Crippen LogP contribution in [-0.2, 0) is 10.0 Å². The minimum absolute atomic E-state index is 0.00476. The molecule has 0 heterocycles. The first kappa shape index (κ1) is 16.0. The lowest BCUT2D eigenvalue weighted by atomic mass is 9.84. The Labute approximate surface area is 127 Å². The summed E-state index contributed by atoms with van der Waals surface area (Å²) in [5.41, 5.74) is 0.199. The lowest BCUT2D eigenvalue weighted by Gasteiger charge is -2.28. The molecule has 21 heavy (non-hydrogen) atoms. The van der Waals surface area contributed by atoms with Crippen molar-refractivity contribution in [2.24, 2.45) is 5.92 Å². The zero-order valence-corrected chi connectivity index (χ0v) is 13.2. The molecule has 0 unspecified atom stereocenters. The van der Waals surface area contributed by atoms with Crippen molar-refractivity contribution in [3.8, 4) is 6.07 Å². The number of nitrogens with zero attached hydrogens (tertiary/aromatic N) is 1. The molecule has 0 spiro atoms. The Morgan fingerprint density at radius 1 is 1.24 bits per heavy atom. The molecule has 1 saturated carbocycles. The summed E-state index contributed by atoms with van der Waals surface area (Å²) in [6, 6.07) is 8.28. The molecule has 4 nitrogen and oxygen atoms in total. The quantitative estimate of drug-likeness (QED) is 0.908. The summed E-state index contributed by atoms with van der Waals surface area (Å²) >= 11 is 0. The van der Waals surface area contributed by atoms with Crippen molar-refractivity contribution in [3.05, 3.63) is 29.8 Å². The lowest BCUT2D eigenvalue weighted by molar-refractivity contribution is 0.297. The van der Waals surface area contributed by atoms with E-state index in [1.807, 2.05) is 6.07 Å². The topological polar surface area (TPSA) is 70.0 Å². The van der Waals surface area contributed by atoms with Gasteiger partial charge in [-0.1, -0.05) is 31.9 Å². The van der Waals surface area contributed by atoms with Gasteiger partial charge in [-0.05, 0) is 43.7 Å². The maximum Gasteiger partial charge on any atom is 0.242 e. The van der Waals surface area contributed by atoms with Crippen LogP contribution in [-0.4, -0.2) is 14.5 Å². The predicted molar refractivity (Wildman–Crippen MR) is 82.1 cm³/mol. The fraction of sp³-hybridized carbons (Fsp3) is 0.562. The van der Waals surface area contributed by atoms with E-state index in [0.29, 0.717) is 0 Å². The molecule has 0 radical (unpaired) electrons. The Morgan fingerprint density at radius 3 is 2.52 bits per heavy atom. The molecule has 1 aromatic carbocycles. The summed E-state index contributed by atoms with van der Waals surface area (Å²) in [5.74, 6) is 0.738. The summed E-state index contributed by atoms with van der Waals surface area (Å²) in [4.78, 5) is 0.0863. The van der Waals surface area contributed by atoms with Gasteiger partial charge in [0.2, 0.25) is 10.0 Å². The number of hydrogen-bond donors (Lipinski definition) is 1. The Balaban J connectivity index is 2.04. The fourth-order valence-electron chi connectivity index (χ4n) is 3.05. The van der Waals surface area contributed by atoms with Gasteiger partial charge in [-0.15, -0.1) is 0 Å². The van der Waals surface area contributed by atoms with Gasteiger partial charge in [0.15, 0.2) is 0 Å². The monoisotopic (exact) mass is 306 g/mol. The number of benzene rings is 1. The highest BCUT2D eigenvalue weighted by Crippen LogP contribution is 2.28. The van der Waals surface area contributed by atoms with Crippen LogP contribution in [0.4, 0.5) is 0 Å². The SMILES string of the molecule is CCCC1CCC(NS(=O)(=O)c2ccccc2C#N)CC1. The van der Waals surface area contributed by atoms with Crippen LogP contribution in [0.2, 0.25) is 0 Å². The Kier molecular flexibility index (Phi) is 5.38. The molecule has 0 bridgehead atoms. The van der Waals surface area contributed by atoms with E-state index in [9.17, 15) is 8.42 Å². The molecule has 114 valence electrons. The first-order valence-corrected chi connectivity index (χ1v) is 9.06. The number of sulfonamides is 1. The van der Waals surface area contributed by atoms with E-state index in [1.54, 1.807) is 12.1 Å². The molecule has 0 atom stereocenters. The largest absolute Gasteiger partial charge is 0.242 e. The van der Waals surface area contributed by atoms with Crippen LogP contribution in [0.15, 0.2) is 29.2 Å². The highest BCUT2D eigenvalue weighted by molar-refractivity contribution is 7.89. The van der Waals surface area contributed by atoms with Gasteiger partial charge in [-0.3, -0.25) is 0 Å². The van der Waals surface area contributed by atoms with Crippen molar-refractivity contribution in [3.63, 3.8) is 0 Å². The van der Waals surface area contributed by atoms with Crippen molar-refractivity contribution in [1.82, 2.24) is 4.72 Å². The highest BCUT2D eigenvalue weighted by Gasteiger charge is 2.26. The van der Waals surface area contributed by atoms with E-state index in [-0.39, 0.29) is 16.5 Å². The number of nitrogens with one attached hydrogen (secondary N) is 1. The normalized spacial score (nSPS) is 22.7. The van der Waals surface area contributed by atoms with Crippen molar-refractivity contribution in [2.45, 2.75) is 56.4 Å². The van der Waals surface area contributed by atoms with Crippen molar-refractivity contribution in [2.75, 3.05) is 0 Å². The zero-order valence-electron chi connectivity index (χ0n) is 12.4. The first-order valence-electron chi connectivity index (χ1n) is 7.58. The minimum Gasteiger partial charge on any atom is -0.208 e. The van der Waals surface area contributed by atoms with Gasteiger partial charge in [0.1, 0.15) is 6.07 Å². The summed E-state index contributed by atoms with van der Waals surface area (Å²) in [6.45, 7) is 2.19. The third-order valence-electron chi connectivity index (χ3n) is 4.16. The maximum atomic E-state index is 12.4. The van der Waals surface area contributed by atoms with Crippen LogP contribution in [0.5, 0.6) is 0 Å². The van der Waals surface area contributed by atoms with E-state index >= 15 is 0 Å². The van der Waals surface area contributed by atoms with Gasteiger partial charge in [0.25, 0.3) is 0 Å². The number of hydrogen-bond acceptors (Lipinski definition) is 3. The Morgan fingerprint density at radius 2 is 1.90 bits per heavy atom. The molecule has 0 aromatic heterocycles. The van der Waals surface area contributed by atoms with Crippen molar-refractivity contribution in [1.29, 1.82) is 5.26 Å². The first-order chi connectivity index (χ1) is 10.1. The third-order valence-corrected chi connectivity index (χ3v) is 5.74. The van der Waals surface area contributed by atoms with Crippen LogP contribution in [0, 0.1) is 17.2 Å². The zero-order chi connectivity index (χ0) is 15.3. The van der Waals surface area contributed by atoms with E-state index in [0.717, 1.165) is 31.6 Å². The number of rotatable bonds is 5. The standard InChI is InChI=1S/C16H22N2O2S/c1-2-5-13-8-10-15(11-9-13)18-21(19,20)16-7-4-3-6-14(16)12-17/h3-4,6-7,13,15,18H,2,5,8-11H2,1H3. The van der Waals surface area contributed by atoms with Gasteiger partial charge in [-0.2, -0.15) is 5.26 Å². The van der Waals surface area contributed by atoms with Gasteiger partial charge in [-0.25, -0.2) is 13.1 Å². The summed E-state index contributed by atoms with van der Waals surface area (Å²) in [7, 11) is -3.60. The summed E-state index contributed by atoms with van der Waals surface area (Å²) in [6.07, 6.45) is 6.37. The molecule has 2 rings (SSSR count). The van der Waals surface area contributed by atoms with Crippen LogP contribution in [0.3, 0.4) is 0 Å². The highest BCUT2D eigenvalue weighted by atomic mass is 32.2. The average molecular weight is 306 g/mol. The second-order valence-electron chi connectivity index (χ2n) is 5.74. The second-order valence-corrected chi connectivity index (χ2v) is 7.42. The van der Waals surface area contributed by atoms with E-state index in [2.05, 4.69) is 11.6 Å². The molecule has 1 fully saturated rings. The lowest BCUT2D eigenvalue weighted by Crippen LogP contribution is -2.37. The smallest absolute Gasteiger partial charge is 0.208 e. The molecule has 0 aliphatic heterocycles. The van der Waals surface area contributed by atoms with Gasteiger partial charge in [0, 0.05) is 6.04 Å². The van der Waals surface area contributed by atoms with Crippen LogP contribution >= 0.6 is 0 Å². The predicted octanol–water partition coefficient (Wildman–Crippen LogP) is 3.20. The van der Waals surface area contributed by atoms with Gasteiger partial charge >= 0.3 is 0 Å². The van der Waals surface area contributed by atoms with E-state index in [1.165, 1.54) is 25.0 Å². The third kappa shape index (κ3) is 4.05. The van der Waals surface area contributed by atoms with E-state index < -0.39 is 10.0 Å². The minimum atomic E-state index is -3.60. The fourth-order valence-corrected chi connectivity index (χ4v) is 4.52. The summed E-state index contributed by atoms with van der Waals surface area (Å²) < 4.78 is 27.6. The van der Waals surface area contributed by atoms with Crippen LogP contribution in [0.25, 0.3) is 0 Å². The maximum absolute atomic E-state index is 12.4. The summed E-state index contributed by atoms with van der Waals surface area (Å²) in [5, 5.41) is 9.04. The van der Waals surface area contributed by atoms with E-state index in [4.69, 9.17) is 5.26 Å². The molecule has 0 saturated heterocycles. The molecule has 1 N–H and O–H groups in total. The Bertz CT molecular complexity index is 611. The van der Waals surface area contributed by atoms with Crippen molar-refractivity contribution >= 4 is 10.0 Å². The van der Waals surface area contributed by atoms with Gasteiger partial charge < -0.3 is 0 Å². The average Bonchev–Trinajstić information content (AvgIpc) is 2.49. The van der Waals surface area contributed by atoms with Crippen LogP contribution < -0.4 is 4.72 Å². The molecular formula is C16H22N2O2S. The molecule has 1 aliphatic carbocycles. The molecule has 5 heteroatoms. The Hall–Kier alpha value is -1.38.